The molecule has 0 aliphatic rings. The van der Waals surface area contributed by atoms with Crippen LogP contribution in [0, 0.1) is 6.92 Å². The van der Waals surface area contributed by atoms with Crippen LogP contribution in [0.1, 0.15) is 11.1 Å². The van der Waals surface area contributed by atoms with Gasteiger partial charge in [0.2, 0.25) is 0 Å². The highest BCUT2D eigenvalue weighted by atomic mass is 16.7. The van der Waals surface area contributed by atoms with Gasteiger partial charge >= 0.3 is 6.16 Å². The van der Waals surface area contributed by atoms with Crippen LogP contribution in [0.3, 0.4) is 0 Å². The molecule has 0 saturated carbocycles. The Bertz CT molecular complexity index is 634. The van der Waals surface area contributed by atoms with E-state index >= 15 is 0 Å². The third kappa shape index (κ3) is 4.15. The fraction of sp³-hybridized carbons (Fsp3) is 0.235. The van der Waals surface area contributed by atoms with Crippen molar-refractivity contribution >= 4 is 6.16 Å². The maximum atomic E-state index is 11.6. The Balaban J connectivity index is 1.92. The lowest BCUT2D eigenvalue weighted by atomic mass is 10.2. The average Bonchev–Trinajstić information content (AvgIpc) is 2.54. The number of carbonyl (C=O) groups is 1. The minimum Gasteiger partial charge on any atom is -0.493 e. The number of rotatable bonds is 5. The number of carbonyl (C=O) groups excluding carboxylic acids is 1. The van der Waals surface area contributed by atoms with Gasteiger partial charge in [-0.3, -0.25) is 0 Å². The van der Waals surface area contributed by atoms with Gasteiger partial charge in [-0.1, -0.05) is 23.8 Å². The first-order valence-corrected chi connectivity index (χ1v) is 6.74. The van der Waals surface area contributed by atoms with Crippen molar-refractivity contribution in [3.05, 3.63) is 53.6 Å². The van der Waals surface area contributed by atoms with E-state index in [1.165, 1.54) is 0 Å². The summed E-state index contributed by atoms with van der Waals surface area (Å²) in [6, 6.07) is 12.4. The van der Waals surface area contributed by atoms with Gasteiger partial charge in [-0.05, 0) is 36.8 Å². The van der Waals surface area contributed by atoms with Gasteiger partial charge in [0.1, 0.15) is 12.4 Å². The average molecular weight is 302 g/mol. The van der Waals surface area contributed by atoms with Crippen molar-refractivity contribution in [1.29, 1.82) is 0 Å². The number of hydrogen-bond donors (Lipinski definition) is 0. The van der Waals surface area contributed by atoms with E-state index in [2.05, 4.69) is 0 Å². The summed E-state index contributed by atoms with van der Waals surface area (Å²) in [6.45, 7) is 2.05. The van der Waals surface area contributed by atoms with E-state index in [9.17, 15) is 4.79 Å². The maximum absolute atomic E-state index is 11.6. The van der Waals surface area contributed by atoms with Gasteiger partial charge in [-0.15, -0.1) is 0 Å². The summed E-state index contributed by atoms with van der Waals surface area (Å²) in [7, 11) is 3.11. The first kappa shape index (κ1) is 15.7. The summed E-state index contributed by atoms with van der Waals surface area (Å²) in [4.78, 5) is 11.6. The zero-order valence-corrected chi connectivity index (χ0v) is 12.8. The quantitative estimate of drug-likeness (QED) is 0.622. The zero-order valence-electron chi connectivity index (χ0n) is 12.8. The SMILES string of the molecule is COc1ccc(COC(=O)Oc2ccc(C)cc2)cc1OC. The Hall–Kier alpha value is -2.69. The lowest BCUT2D eigenvalue weighted by Crippen LogP contribution is -2.10. The molecule has 0 bridgehead atoms. The van der Waals surface area contributed by atoms with Crippen molar-refractivity contribution in [2.24, 2.45) is 0 Å². The van der Waals surface area contributed by atoms with Crippen LogP contribution < -0.4 is 14.2 Å². The third-order valence-electron chi connectivity index (χ3n) is 3.03. The molecule has 5 nitrogen and oxygen atoms in total. The molecule has 116 valence electrons. The van der Waals surface area contributed by atoms with Crippen LogP contribution in [0.15, 0.2) is 42.5 Å². The van der Waals surface area contributed by atoms with E-state index in [-0.39, 0.29) is 6.61 Å². The molecular weight excluding hydrogens is 284 g/mol. The molecule has 0 aliphatic heterocycles. The molecule has 2 aromatic rings. The summed E-state index contributed by atoms with van der Waals surface area (Å²) in [5.74, 6) is 1.65. The molecule has 0 atom stereocenters. The molecule has 22 heavy (non-hydrogen) atoms. The van der Waals surface area contributed by atoms with Crippen LogP contribution in [-0.2, 0) is 11.3 Å². The van der Waals surface area contributed by atoms with Gasteiger partial charge in [0.05, 0.1) is 14.2 Å². The number of ether oxygens (including phenoxy) is 4. The minimum atomic E-state index is -0.751. The molecular formula is C17H18O5. The lowest BCUT2D eigenvalue weighted by molar-refractivity contribution is 0.0927. The predicted molar refractivity (Wildman–Crippen MR) is 81.5 cm³/mol. The lowest BCUT2D eigenvalue weighted by Gasteiger charge is -2.10. The summed E-state index contributed by atoms with van der Waals surface area (Å²) in [5.41, 5.74) is 1.87. The molecule has 0 amide bonds. The fourth-order valence-corrected chi connectivity index (χ4v) is 1.84. The maximum Gasteiger partial charge on any atom is 0.514 e. The predicted octanol–water partition coefficient (Wildman–Crippen LogP) is 3.73. The molecule has 5 heteroatoms. The standard InChI is InChI=1S/C17H18O5/c1-12-4-7-14(8-5-12)22-17(18)21-11-13-6-9-15(19-2)16(10-13)20-3/h4-10H,11H2,1-3H3. The fourth-order valence-electron chi connectivity index (χ4n) is 1.84. The normalized spacial score (nSPS) is 9.95. The number of methoxy groups -OCH3 is 2. The highest BCUT2D eigenvalue weighted by Gasteiger charge is 2.09. The van der Waals surface area contributed by atoms with Gasteiger partial charge < -0.3 is 18.9 Å². The van der Waals surface area contributed by atoms with Gasteiger partial charge in [-0.2, -0.15) is 0 Å². The summed E-state index contributed by atoms with van der Waals surface area (Å²) < 4.78 is 20.5. The molecule has 0 radical (unpaired) electrons. The van der Waals surface area contributed by atoms with E-state index in [0.717, 1.165) is 11.1 Å². The highest BCUT2D eigenvalue weighted by molar-refractivity contribution is 5.63. The third-order valence-corrected chi connectivity index (χ3v) is 3.03. The van der Waals surface area contributed by atoms with Crippen LogP contribution in [-0.4, -0.2) is 20.4 Å². The number of hydrogen-bond acceptors (Lipinski definition) is 5. The largest absolute Gasteiger partial charge is 0.514 e. The van der Waals surface area contributed by atoms with Crippen LogP contribution >= 0.6 is 0 Å². The summed E-state index contributed by atoms with van der Waals surface area (Å²) in [5, 5.41) is 0. The molecule has 0 aromatic heterocycles. The zero-order chi connectivity index (χ0) is 15.9. The van der Waals surface area contributed by atoms with Crippen molar-refractivity contribution in [2.45, 2.75) is 13.5 Å². The second-order valence-corrected chi connectivity index (χ2v) is 4.64. The first-order valence-electron chi connectivity index (χ1n) is 6.74. The molecule has 0 unspecified atom stereocenters. The van der Waals surface area contributed by atoms with E-state index in [1.807, 2.05) is 19.1 Å². The molecule has 2 rings (SSSR count). The highest BCUT2D eigenvalue weighted by Crippen LogP contribution is 2.27. The Morgan fingerprint density at radius 2 is 1.64 bits per heavy atom. The molecule has 0 fully saturated rings. The molecule has 0 heterocycles. The number of benzene rings is 2. The Labute approximate surface area is 129 Å². The van der Waals surface area contributed by atoms with E-state index in [1.54, 1.807) is 44.6 Å². The van der Waals surface area contributed by atoms with Crippen molar-refractivity contribution in [3.8, 4) is 17.2 Å². The molecule has 0 spiro atoms. The van der Waals surface area contributed by atoms with E-state index < -0.39 is 6.16 Å². The topological polar surface area (TPSA) is 54.0 Å². The molecule has 0 aliphatic carbocycles. The Morgan fingerprint density at radius 3 is 2.27 bits per heavy atom. The second-order valence-electron chi connectivity index (χ2n) is 4.64. The van der Waals surface area contributed by atoms with Gasteiger partial charge in [0, 0.05) is 0 Å². The van der Waals surface area contributed by atoms with Crippen molar-refractivity contribution < 1.29 is 23.7 Å². The van der Waals surface area contributed by atoms with Gasteiger partial charge in [0.25, 0.3) is 0 Å². The van der Waals surface area contributed by atoms with Crippen LogP contribution in [0.5, 0.6) is 17.2 Å². The number of aryl methyl sites for hydroxylation is 1. The Morgan fingerprint density at radius 1 is 0.955 bits per heavy atom. The summed E-state index contributed by atoms with van der Waals surface area (Å²) in [6.07, 6.45) is -0.751. The van der Waals surface area contributed by atoms with E-state index in [4.69, 9.17) is 18.9 Å². The first-order chi connectivity index (χ1) is 10.6. The van der Waals surface area contributed by atoms with Crippen LogP contribution in [0.25, 0.3) is 0 Å². The molecule has 2 aromatic carbocycles. The van der Waals surface area contributed by atoms with Gasteiger partial charge in [0.15, 0.2) is 11.5 Å². The Kier molecular flexibility index (Phi) is 5.25. The van der Waals surface area contributed by atoms with E-state index in [0.29, 0.717) is 17.2 Å². The molecule has 0 saturated heterocycles. The van der Waals surface area contributed by atoms with Crippen LogP contribution in [0.2, 0.25) is 0 Å². The van der Waals surface area contributed by atoms with Crippen LogP contribution in [0.4, 0.5) is 4.79 Å². The van der Waals surface area contributed by atoms with Crippen molar-refractivity contribution in [3.63, 3.8) is 0 Å². The minimum absolute atomic E-state index is 0.0883. The summed E-state index contributed by atoms with van der Waals surface area (Å²) >= 11 is 0. The van der Waals surface area contributed by atoms with Gasteiger partial charge in [-0.25, -0.2) is 4.79 Å². The molecule has 0 N–H and O–H groups in total. The monoisotopic (exact) mass is 302 g/mol. The second kappa shape index (κ2) is 7.36. The smallest absolute Gasteiger partial charge is 0.493 e. The van der Waals surface area contributed by atoms with Crippen molar-refractivity contribution in [2.75, 3.05) is 14.2 Å². The van der Waals surface area contributed by atoms with Crippen molar-refractivity contribution in [1.82, 2.24) is 0 Å².